The summed E-state index contributed by atoms with van der Waals surface area (Å²) in [4.78, 5) is 17.7. The molecule has 0 fully saturated rings. The molecule has 140 valence electrons. The second kappa shape index (κ2) is 11.3. The SMILES string of the molecule is COCCNC(=NCC(=O)N(C)C)NC1CCc2ccccc2C1.I. The Bertz CT molecular complexity index is 578. The molecule has 0 spiro atoms. The van der Waals surface area contributed by atoms with Crippen molar-refractivity contribution >= 4 is 35.8 Å². The van der Waals surface area contributed by atoms with Crippen LogP contribution in [0.4, 0.5) is 0 Å². The summed E-state index contributed by atoms with van der Waals surface area (Å²) in [7, 11) is 5.14. The summed E-state index contributed by atoms with van der Waals surface area (Å²) in [6.07, 6.45) is 3.10. The van der Waals surface area contributed by atoms with E-state index in [1.807, 2.05) is 0 Å². The lowest BCUT2D eigenvalue weighted by Gasteiger charge is -2.27. The number of benzene rings is 1. The molecule has 1 aromatic carbocycles. The van der Waals surface area contributed by atoms with E-state index in [0.717, 1.165) is 19.3 Å². The van der Waals surface area contributed by atoms with Crippen LogP contribution in [0.25, 0.3) is 0 Å². The zero-order valence-electron chi connectivity index (χ0n) is 15.2. The first-order valence-corrected chi connectivity index (χ1v) is 8.41. The maximum absolute atomic E-state index is 11.8. The fraction of sp³-hybridized carbons (Fsp3) is 0.556. The van der Waals surface area contributed by atoms with Crippen molar-refractivity contribution in [2.75, 3.05) is 40.9 Å². The number of methoxy groups -OCH3 is 1. The number of rotatable bonds is 6. The average Bonchev–Trinajstić information content (AvgIpc) is 2.59. The van der Waals surface area contributed by atoms with E-state index in [4.69, 9.17) is 4.74 Å². The van der Waals surface area contributed by atoms with Gasteiger partial charge in [-0.05, 0) is 30.4 Å². The van der Waals surface area contributed by atoms with Gasteiger partial charge in [-0.15, -0.1) is 24.0 Å². The highest BCUT2D eigenvalue weighted by molar-refractivity contribution is 14.0. The van der Waals surface area contributed by atoms with Gasteiger partial charge in [-0.3, -0.25) is 4.79 Å². The number of likely N-dealkylation sites (N-methyl/N-ethyl adjacent to an activating group) is 1. The van der Waals surface area contributed by atoms with Crippen LogP contribution < -0.4 is 10.6 Å². The van der Waals surface area contributed by atoms with E-state index in [0.29, 0.717) is 25.2 Å². The van der Waals surface area contributed by atoms with Crippen LogP contribution in [0, 0.1) is 0 Å². The van der Waals surface area contributed by atoms with Crippen LogP contribution in [0.5, 0.6) is 0 Å². The molecular formula is C18H29IN4O2. The Balaban J connectivity index is 0.00000312. The van der Waals surface area contributed by atoms with Crippen molar-refractivity contribution in [1.29, 1.82) is 0 Å². The van der Waals surface area contributed by atoms with E-state index in [1.165, 1.54) is 11.1 Å². The predicted molar refractivity (Wildman–Crippen MR) is 112 cm³/mol. The van der Waals surface area contributed by atoms with Crippen molar-refractivity contribution < 1.29 is 9.53 Å². The molecule has 1 atom stereocenters. The summed E-state index contributed by atoms with van der Waals surface area (Å²) in [5.74, 6) is 0.656. The van der Waals surface area contributed by atoms with Crippen molar-refractivity contribution in [3.8, 4) is 0 Å². The maximum atomic E-state index is 11.8. The van der Waals surface area contributed by atoms with Crippen LogP contribution in [0.3, 0.4) is 0 Å². The molecule has 0 saturated carbocycles. The summed E-state index contributed by atoms with van der Waals surface area (Å²) >= 11 is 0. The van der Waals surface area contributed by atoms with Gasteiger partial charge < -0.3 is 20.3 Å². The number of amides is 1. The number of hydrogen-bond acceptors (Lipinski definition) is 3. The monoisotopic (exact) mass is 460 g/mol. The smallest absolute Gasteiger partial charge is 0.243 e. The van der Waals surface area contributed by atoms with Gasteiger partial charge in [0.2, 0.25) is 5.91 Å². The molecular weight excluding hydrogens is 431 g/mol. The first-order chi connectivity index (χ1) is 11.6. The second-order valence-corrected chi connectivity index (χ2v) is 6.23. The zero-order chi connectivity index (χ0) is 17.4. The number of halogens is 1. The van der Waals surface area contributed by atoms with Crippen molar-refractivity contribution in [1.82, 2.24) is 15.5 Å². The standard InChI is InChI=1S/C18H28N4O2.HI/c1-22(2)17(23)13-20-18(19-10-11-24-3)21-16-9-8-14-6-4-5-7-15(14)12-16;/h4-7,16H,8-13H2,1-3H3,(H2,19,20,21);1H. The lowest BCUT2D eigenvalue weighted by Crippen LogP contribution is -2.47. The molecule has 25 heavy (non-hydrogen) atoms. The summed E-state index contributed by atoms with van der Waals surface area (Å²) in [6.45, 7) is 1.39. The van der Waals surface area contributed by atoms with E-state index < -0.39 is 0 Å². The highest BCUT2D eigenvalue weighted by Crippen LogP contribution is 2.20. The molecule has 1 unspecified atom stereocenters. The fourth-order valence-electron chi connectivity index (χ4n) is 2.73. The van der Waals surface area contributed by atoms with Gasteiger partial charge in [0.25, 0.3) is 0 Å². The lowest BCUT2D eigenvalue weighted by atomic mass is 9.88. The molecule has 1 aliphatic rings. The van der Waals surface area contributed by atoms with Crippen LogP contribution >= 0.6 is 24.0 Å². The molecule has 0 radical (unpaired) electrons. The van der Waals surface area contributed by atoms with Crippen molar-refractivity contribution in [3.05, 3.63) is 35.4 Å². The highest BCUT2D eigenvalue weighted by atomic mass is 127. The molecule has 0 aliphatic heterocycles. The summed E-state index contributed by atoms with van der Waals surface area (Å²) < 4.78 is 5.07. The van der Waals surface area contributed by atoms with E-state index in [2.05, 4.69) is 39.9 Å². The molecule has 1 aliphatic carbocycles. The topological polar surface area (TPSA) is 66.0 Å². The quantitative estimate of drug-likeness (QED) is 0.292. The number of ether oxygens (including phenoxy) is 1. The number of guanidine groups is 1. The number of hydrogen-bond donors (Lipinski definition) is 2. The van der Waals surface area contributed by atoms with Gasteiger partial charge in [0.1, 0.15) is 6.54 Å². The molecule has 0 bridgehead atoms. The van der Waals surface area contributed by atoms with Gasteiger partial charge in [0.05, 0.1) is 6.61 Å². The lowest BCUT2D eigenvalue weighted by molar-refractivity contribution is -0.127. The van der Waals surface area contributed by atoms with E-state index >= 15 is 0 Å². The third kappa shape index (κ3) is 7.19. The number of aliphatic imine (C=N–C) groups is 1. The van der Waals surface area contributed by atoms with E-state index in [9.17, 15) is 4.79 Å². The number of carbonyl (C=O) groups is 1. The van der Waals surface area contributed by atoms with E-state index in [1.54, 1.807) is 26.1 Å². The molecule has 7 heteroatoms. The van der Waals surface area contributed by atoms with Gasteiger partial charge in [0.15, 0.2) is 5.96 Å². The largest absolute Gasteiger partial charge is 0.383 e. The van der Waals surface area contributed by atoms with E-state index in [-0.39, 0.29) is 36.4 Å². The normalized spacial score (nSPS) is 16.4. The van der Waals surface area contributed by atoms with Gasteiger partial charge in [-0.2, -0.15) is 0 Å². The minimum Gasteiger partial charge on any atom is -0.383 e. The third-order valence-electron chi connectivity index (χ3n) is 4.16. The Labute approximate surface area is 167 Å². The number of fused-ring (bicyclic) bond motifs is 1. The summed E-state index contributed by atoms with van der Waals surface area (Å²) in [6, 6.07) is 8.89. The average molecular weight is 460 g/mol. The van der Waals surface area contributed by atoms with Crippen molar-refractivity contribution in [2.24, 2.45) is 4.99 Å². The Kier molecular flexibility index (Phi) is 9.81. The predicted octanol–water partition coefficient (Wildman–Crippen LogP) is 1.43. The molecule has 2 rings (SSSR count). The highest BCUT2D eigenvalue weighted by Gasteiger charge is 2.19. The minimum absolute atomic E-state index is 0. The van der Waals surface area contributed by atoms with Gasteiger partial charge in [0, 0.05) is 33.8 Å². The molecule has 0 heterocycles. The summed E-state index contributed by atoms with van der Waals surface area (Å²) in [5.41, 5.74) is 2.83. The number of nitrogens with one attached hydrogen (secondary N) is 2. The molecule has 0 aromatic heterocycles. The Morgan fingerprint density at radius 3 is 2.72 bits per heavy atom. The van der Waals surface area contributed by atoms with Crippen molar-refractivity contribution in [3.63, 3.8) is 0 Å². The Morgan fingerprint density at radius 2 is 2.04 bits per heavy atom. The Morgan fingerprint density at radius 1 is 1.32 bits per heavy atom. The molecule has 2 N–H and O–H groups in total. The number of aryl methyl sites for hydroxylation is 1. The van der Waals surface area contributed by atoms with Crippen LogP contribution in [-0.4, -0.2) is 63.7 Å². The molecule has 0 saturated heterocycles. The maximum Gasteiger partial charge on any atom is 0.243 e. The van der Waals surface area contributed by atoms with Crippen LogP contribution in [-0.2, 0) is 22.4 Å². The van der Waals surface area contributed by atoms with Crippen LogP contribution in [0.15, 0.2) is 29.3 Å². The third-order valence-corrected chi connectivity index (χ3v) is 4.16. The molecule has 6 nitrogen and oxygen atoms in total. The number of nitrogens with zero attached hydrogens (tertiary/aromatic N) is 2. The first kappa shape index (κ1) is 21.7. The van der Waals surface area contributed by atoms with Crippen molar-refractivity contribution in [2.45, 2.75) is 25.3 Å². The number of carbonyl (C=O) groups excluding carboxylic acids is 1. The fourth-order valence-corrected chi connectivity index (χ4v) is 2.73. The zero-order valence-corrected chi connectivity index (χ0v) is 17.6. The Hall–Kier alpha value is -1.35. The van der Waals surface area contributed by atoms with Crippen LogP contribution in [0.2, 0.25) is 0 Å². The van der Waals surface area contributed by atoms with Gasteiger partial charge in [-0.25, -0.2) is 4.99 Å². The summed E-state index contributed by atoms with van der Waals surface area (Å²) in [5, 5.41) is 6.69. The van der Waals surface area contributed by atoms with Gasteiger partial charge >= 0.3 is 0 Å². The minimum atomic E-state index is -0.0168. The van der Waals surface area contributed by atoms with Crippen LogP contribution in [0.1, 0.15) is 17.5 Å². The molecule has 1 aromatic rings. The first-order valence-electron chi connectivity index (χ1n) is 8.41. The van der Waals surface area contributed by atoms with Gasteiger partial charge in [-0.1, -0.05) is 24.3 Å². The second-order valence-electron chi connectivity index (χ2n) is 6.23. The molecule has 1 amide bonds.